The molecule has 1 fully saturated rings. The number of carbonyl (C=O) groups is 1. The predicted molar refractivity (Wildman–Crippen MR) is 118 cm³/mol. The lowest BCUT2D eigenvalue weighted by atomic mass is 10.0. The van der Waals surface area contributed by atoms with Gasteiger partial charge >= 0.3 is 0 Å². The molecular formula is C21H29Cl2N3O2. The van der Waals surface area contributed by atoms with Crippen molar-refractivity contribution in [3.63, 3.8) is 0 Å². The lowest BCUT2D eigenvalue weighted by molar-refractivity contribution is -0.130. The summed E-state index contributed by atoms with van der Waals surface area (Å²) in [4.78, 5) is 16.7. The molecule has 1 atom stereocenters. The van der Waals surface area contributed by atoms with Gasteiger partial charge in [0.2, 0.25) is 5.91 Å². The summed E-state index contributed by atoms with van der Waals surface area (Å²) in [5.74, 6) is 0.0538. The number of nitrogens with zero attached hydrogens (tertiary/aromatic N) is 2. The monoisotopic (exact) mass is 425 g/mol. The number of nitrogens with two attached hydrogens (primary N) is 1. The van der Waals surface area contributed by atoms with Crippen molar-refractivity contribution in [3.05, 3.63) is 65.7 Å². The highest BCUT2D eigenvalue weighted by molar-refractivity contribution is 5.85. The fourth-order valence-corrected chi connectivity index (χ4v) is 3.26. The van der Waals surface area contributed by atoms with Gasteiger partial charge in [-0.15, -0.1) is 24.8 Å². The molecule has 1 aliphatic heterocycles. The highest BCUT2D eigenvalue weighted by Crippen LogP contribution is 2.23. The Morgan fingerprint density at radius 2 is 1.68 bits per heavy atom. The van der Waals surface area contributed by atoms with Crippen molar-refractivity contribution in [1.29, 1.82) is 0 Å². The van der Waals surface area contributed by atoms with Crippen LogP contribution < -0.4 is 10.6 Å². The standard InChI is InChI=1S/C21H27N3O2.2ClH/c1-23(21(25)15-19(22)17-7-3-2-4-8-17)16-18-9-5-6-10-20(18)24-11-13-26-14-12-24;;/h2-10,19H,11-16,22H2,1H3;2*1H. The molecule has 5 nitrogen and oxygen atoms in total. The smallest absolute Gasteiger partial charge is 0.224 e. The Morgan fingerprint density at radius 1 is 1.07 bits per heavy atom. The molecule has 2 N–H and O–H groups in total. The van der Waals surface area contributed by atoms with Crippen molar-refractivity contribution in [2.24, 2.45) is 5.73 Å². The molecule has 0 aliphatic carbocycles. The molecule has 2 aromatic carbocycles. The quantitative estimate of drug-likeness (QED) is 0.769. The number of rotatable bonds is 6. The Labute approximate surface area is 179 Å². The summed E-state index contributed by atoms with van der Waals surface area (Å²) in [6.07, 6.45) is 0.306. The highest BCUT2D eigenvalue weighted by Gasteiger charge is 2.19. The molecule has 28 heavy (non-hydrogen) atoms. The molecule has 2 aromatic rings. The van der Waals surface area contributed by atoms with E-state index in [4.69, 9.17) is 10.5 Å². The zero-order valence-corrected chi connectivity index (χ0v) is 17.8. The lowest BCUT2D eigenvalue weighted by Gasteiger charge is -2.31. The Morgan fingerprint density at radius 3 is 2.36 bits per heavy atom. The number of ether oxygens (including phenoxy) is 1. The van der Waals surface area contributed by atoms with Gasteiger partial charge in [-0.1, -0.05) is 48.5 Å². The summed E-state index contributed by atoms with van der Waals surface area (Å²) in [7, 11) is 1.84. The molecule has 3 rings (SSSR count). The number of carbonyl (C=O) groups excluding carboxylic acids is 1. The number of benzene rings is 2. The van der Waals surface area contributed by atoms with E-state index in [0.717, 1.165) is 37.4 Å². The van der Waals surface area contributed by atoms with Gasteiger partial charge < -0.3 is 20.3 Å². The van der Waals surface area contributed by atoms with E-state index < -0.39 is 0 Å². The van der Waals surface area contributed by atoms with Crippen LogP contribution in [0.2, 0.25) is 0 Å². The predicted octanol–water partition coefficient (Wildman–Crippen LogP) is 3.42. The van der Waals surface area contributed by atoms with E-state index in [0.29, 0.717) is 13.0 Å². The molecule has 1 amide bonds. The second-order valence-corrected chi connectivity index (χ2v) is 6.70. The van der Waals surface area contributed by atoms with Crippen LogP contribution in [-0.4, -0.2) is 44.2 Å². The van der Waals surface area contributed by atoms with E-state index in [1.165, 1.54) is 5.69 Å². The first-order chi connectivity index (χ1) is 12.6. The minimum absolute atomic E-state index is 0. The van der Waals surface area contributed by atoms with Crippen LogP contribution in [-0.2, 0) is 16.1 Å². The van der Waals surface area contributed by atoms with Crippen LogP contribution in [0, 0.1) is 0 Å². The third-order valence-corrected chi connectivity index (χ3v) is 4.80. The Balaban J connectivity index is 0.00000196. The van der Waals surface area contributed by atoms with Crippen molar-refractivity contribution < 1.29 is 9.53 Å². The molecule has 1 saturated heterocycles. The van der Waals surface area contributed by atoms with Crippen molar-refractivity contribution in [1.82, 2.24) is 4.90 Å². The molecular weight excluding hydrogens is 397 g/mol. The fraction of sp³-hybridized carbons (Fsp3) is 0.381. The third kappa shape index (κ3) is 6.38. The van der Waals surface area contributed by atoms with E-state index in [1.54, 1.807) is 4.90 Å². The van der Waals surface area contributed by atoms with E-state index in [9.17, 15) is 4.79 Å². The number of halogens is 2. The van der Waals surface area contributed by atoms with Gasteiger partial charge in [0.25, 0.3) is 0 Å². The summed E-state index contributed by atoms with van der Waals surface area (Å²) in [5.41, 5.74) is 9.53. The first-order valence-corrected chi connectivity index (χ1v) is 9.10. The van der Waals surface area contributed by atoms with Crippen molar-refractivity contribution in [2.75, 3.05) is 38.3 Å². The summed E-state index contributed by atoms with van der Waals surface area (Å²) in [6, 6.07) is 17.8. The molecule has 0 radical (unpaired) electrons. The maximum atomic E-state index is 12.6. The minimum atomic E-state index is -0.277. The fourth-order valence-electron chi connectivity index (χ4n) is 3.26. The maximum Gasteiger partial charge on any atom is 0.224 e. The van der Waals surface area contributed by atoms with Gasteiger partial charge in [0, 0.05) is 44.8 Å². The molecule has 7 heteroatoms. The van der Waals surface area contributed by atoms with E-state index in [-0.39, 0.29) is 36.8 Å². The summed E-state index contributed by atoms with van der Waals surface area (Å²) in [6.45, 7) is 3.83. The second-order valence-electron chi connectivity index (χ2n) is 6.70. The van der Waals surface area contributed by atoms with Crippen LogP contribution in [0.5, 0.6) is 0 Å². The van der Waals surface area contributed by atoms with E-state index in [1.807, 2.05) is 49.5 Å². The average molecular weight is 426 g/mol. The number of morpholine rings is 1. The van der Waals surface area contributed by atoms with Gasteiger partial charge in [0.05, 0.1) is 13.2 Å². The topological polar surface area (TPSA) is 58.8 Å². The molecule has 0 saturated carbocycles. The number of amides is 1. The van der Waals surface area contributed by atoms with Crippen molar-refractivity contribution >= 4 is 36.4 Å². The average Bonchev–Trinajstić information content (AvgIpc) is 2.69. The van der Waals surface area contributed by atoms with Crippen LogP contribution in [0.4, 0.5) is 5.69 Å². The molecule has 0 aromatic heterocycles. The number of hydrogen-bond donors (Lipinski definition) is 1. The minimum Gasteiger partial charge on any atom is -0.378 e. The molecule has 1 heterocycles. The van der Waals surface area contributed by atoms with Crippen LogP contribution >= 0.6 is 24.8 Å². The summed E-state index contributed by atoms with van der Waals surface area (Å²) >= 11 is 0. The Kier molecular flexibility index (Phi) is 10.3. The molecule has 154 valence electrons. The zero-order chi connectivity index (χ0) is 18.4. The van der Waals surface area contributed by atoms with Gasteiger partial charge in [-0.25, -0.2) is 0 Å². The molecule has 0 bridgehead atoms. The highest BCUT2D eigenvalue weighted by atomic mass is 35.5. The van der Waals surface area contributed by atoms with Gasteiger partial charge in [0.1, 0.15) is 0 Å². The molecule has 0 spiro atoms. The van der Waals surface area contributed by atoms with E-state index >= 15 is 0 Å². The van der Waals surface area contributed by atoms with E-state index in [2.05, 4.69) is 17.0 Å². The van der Waals surface area contributed by atoms with Crippen LogP contribution in [0.1, 0.15) is 23.6 Å². The SMILES string of the molecule is CN(Cc1ccccc1N1CCOCC1)C(=O)CC(N)c1ccccc1.Cl.Cl. The first-order valence-electron chi connectivity index (χ1n) is 9.10. The van der Waals surface area contributed by atoms with Gasteiger partial charge in [-0.2, -0.15) is 0 Å². The van der Waals surface area contributed by atoms with Gasteiger partial charge in [-0.3, -0.25) is 4.79 Å². The third-order valence-electron chi connectivity index (χ3n) is 4.80. The van der Waals surface area contributed by atoms with Crippen molar-refractivity contribution in [2.45, 2.75) is 19.0 Å². The normalized spacial score (nSPS) is 14.4. The van der Waals surface area contributed by atoms with Crippen molar-refractivity contribution in [3.8, 4) is 0 Å². The summed E-state index contributed by atoms with van der Waals surface area (Å²) in [5, 5.41) is 0. The molecule has 1 aliphatic rings. The summed E-state index contributed by atoms with van der Waals surface area (Å²) < 4.78 is 5.45. The largest absolute Gasteiger partial charge is 0.378 e. The maximum absolute atomic E-state index is 12.6. The lowest BCUT2D eigenvalue weighted by Crippen LogP contribution is -2.37. The zero-order valence-electron chi connectivity index (χ0n) is 16.1. The number of hydrogen-bond acceptors (Lipinski definition) is 4. The second kappa shape index (κ2) is 11.9. The van der Waals surface area contributed by atoms with Crippen LogP contribution in [0.15, 0.2) is 54.6 Å². The number of para-hydroxylation sites is 1. The Bertz CT molecular complexity index is 725. The van der Waals surface area contributed by atoms with Crippen LogP contribution in [0.3, 0.4) is 0 Å². The molecule has 1 unspecified atom stereocenters. The Hall–Kier alpha value is -1.79. The van der Waals surface area contributed by atoms with Gasteiger partial charge in [0.15, 0.2) is 0 Å². The van der Waals surface area contributed by atoms with Gasteiger partial charge in [-0.05, 0) is 17.2 Å². The first kappa shape index (κ1) is 24.2. The van der Waals surface area contributed by atoms with Crippen LogP contribution in [0.25, 0.3) is 0 Å². The number of anilines is 1.